The van der Waals surface area contributed by atoms with Gasteiger partial charge in [0, 0.05) is 5.92 Å². The van der Waals surface area contributed by atoms with Gasteiger partial charge in [-0.25, -0.2) is 0 Å². The van der Waals surface area contributed by atoms with Gasteiger partial charge in [-0.1, -0.05) is 63.1 Å². The lowest BCUT2D eigenvalue weighted by molar-refractivity contribution is 0.0323. The van der Waals surface area contributed by atoms with Crippen LogP contribution in [0.1, 0.15) is 82.3 Å². The van der Waals surface area contributed by atoms with Crippen molar-refractivity contribution in [2.75, 3.05) is 6.61 Å². The molecule has 1 saturated heterocycles. The predicted molar refractivity (Wildman–Crippen MR) is 107 cm³/mol. The van der Waals surface area contributed by atoms with E-state index in [0.717, 1.165) is 18.4 Å². The van der Waals surface area contributed by atoms with E-state index < -0.39 is 0 Å². The molecular weight excluding hydrogens is 304 g/mol. The summed E-state index contributed by atoms with van der Waals surface area (Å²) in [6.45, 7) is 5.46. The molecule has 25 heavy (non-hydrogen) atoms. The molecular formula is C24H36O. The first-order valence-corrected chi connectivity index (χ1v) is 10.7. The summed E-state index contributed by atoms with van der Waals surface area (Å²) in [4.78, 5) is 0. The molecule has 2 unspecified atom stereocenters. The van der Waals surface area contributed by atoms with Gasteiger partial charge in [-0.05, 0) is 67.9 Å². The quantitative estimate of drug-likeness (QED) is 0.525. The summed E-state index contributed by atoms with van der Waals surface area (Å²) in [5, 5.41) is 0. The Kier molecular flexibility index (Phi) is 7.16. The van der Waals surface area contributed by atoms with Crippen LogP contribution in [0.15, 0.2) is 36.4 Å². The van der Waals surface area contributed by atoms with Crippen LogP contribution in [0, 0.1) is 11.8 Å². The van der Waals surface area contributed by atoms with Gasteiger partial charge in [0.05, 0.1) is 12.7 Å². The second-order valence-electron chi connectivity index (χ2n) is 8.21. The number of rotatable bonds is 6. The molecule has 2 atom stereocenters. The number of hydrogen-bond donors (Lipinski definition) is 0. The van der Waals surface area contributed by atoms with Crippen LogP contribution in [0.4, 0.5) is 0 Å². The second-order valence-corrected chi connectivity index (χ2v) is 8.21. The molecule has 1 nitrogen and oxygen atoms in total. The zero-order valence-corrected chi connectivity index (χ0v) is 16.3. The minimum absolute atomic E-state index is 0.347. The van der Waals surface area contributed by atoms with E-state index in [1.54, 1.807) is 0 Å². The normalized spacial score (nSPS) is 30.6. The van der Waals surface area contributed by atoms with Gasteiger partial charge in [0.2, 0.25) is 0 Å². The Morgan fingerprint density at radius 3 is 2.28 bits per heavy atom. The van der Waals surface area contributed by atoms with E-state index in [2.05, 4.69) is 50.3 Å². The summed E-state index contributed by atoms with van der Waals surface area (Å²) in [5.41, 5.74) is 2.92. The number of ether oxygens (including phenoxy) is 1. The third-order valence-electron chi connectivity index (χ3n) is 6.37. The fourth-order valence-electron chi connectivity index (χ4n) is 4.50. The van der Waals surface area contributed by atoms with Crippen LogP contribution in [-0.2, 0) is 11.2 Å². The molecule has 1 aliphatic heterocycles. The Morgan fingerprint density at radius 1 is 0.920 bits per heavy atom. The van der Waals surface area contributed by atoms with Gasteiger partial charge in [-0.15, -0.1) is 0 Å². The molecule has 0 spiro atoms. The molecule has 2 aliphatic rings. The first kappa shape index (κ1) is 18.7. The van der Waals surface area contributed by atoms with Crippen molar-refractivity contribution in [2.45, 2.75) is 83.7 Å². The summed E-state index contributed by atoms with van der Waals surface area (Å²) in [7, 11) is 0. The minimum Gasteiger partial charge on any atom is -0.374 e. The van der Waals surface area contributed by atoms with Crippen LogP contribution in [0.2, 0.25) is 0 Å². The molecule has 0 N–H and O–H groups in total. The van der Waals surface area contributed by atoms with Crippen LogP contribution in [0.25, 0.3) is 0 Å². The van der Waals surface area contributed by atoms with Crippen LogP contribution in [-0.4, -0.2) is 12.7 Å². The smallest absolute Gasteiger partial charge is 0.0756 e. The van der Waals surface area contributed by atoms with Crippen LogP contribution in [0.3, 0.4) is 0 Å². The molecule has 0 bridgehead atoms. The highest BCUT2D eigenvalue weighted by Gasteiger charge is 2.22. The maximum absolute atomic E-state index is 6.17. The van der Waals surface area contributed by atoms with E-state index in [1.165, 1.54) is 68.9 Å². The highest BCUT2D eigenvalue weighted by atomic mass is 16.5. The first-order chi connectivity index (χ1) is 12.3. The van der Waals surface area contributed by atoms with Crippen molar-refractivity contribution in [3.8, 4) is 0 Å². The lowest BCUT2D eigenvalue weighted by Gasteiger charge is -2.29. The zero-order chi connectivity index (χ0) is 17.5. The van der Waals surface area contributed by atoms with Gasteiger partial charge in [-0.3, -0.25) is 0 Å². The van der Waals surface area contributed by atoms with Crippen molar-refractivity contribution >= 4 is 0 Å². The fraction of sp³-hybridized carbons (Fsp3) is 0.667. The summed E-state index contributed by atoms with van der Waals surface area (Å²) in [6, 6.07) is 9.25. The Balaban J connectivity index is 1.43. The largest absolute Gasteiger partial charge is 0.374 e. The summed E-state index contributed by atoms with van der Waals surface area (Å²) in [6.07, 6.45) is 17.0. The monoisotopic (exact) mass is 340 g/mol. The molecule has 1 aromatic carbocycles. The van der Waals surface area contributed by atoms with Gasteiger partial charge in [0.1, 0.15) is 0 Å². The third-order valence-corrected chi connectivity index (χ3v) is 6.37. The molecule has 0 aromatic heterocycles. The highest BCUT2D eigenvalue weighted by Crippen LogP contribution is 2.33. The van der Waals surface area contributed by atoms with Crippen molar-refractivity contribution in [1.29, 1.82) is 0 Å². The van der Waals surface area contributed by atoms with Crippen molar-refractivity contribution in [3.05, 3.63) is 47.5 Å². The Bertz CT molecular complexity index is 514. The average molecular weight is 341 g/mol. The van der Waals surface area contributed by atoms with Crippen molar-refractivity contribution in [2.24, 2.45) is 11.8 Å². The fourth-order valence-corrected chi connectivity index (χ4v) is 4.50. The molecule has 2 fully saturated rings. The lowest BCUT2D eigenvalue weighted by atomic mass is 9.80. The summed E-state index contributed by atoms with van der Waals surface area (Å²) < 4.78 is 6.17. The van der Waals surface area contributed by atoms with E-state index in [4.69, 9.17) is 4.74 Å². The molecule has 138 valence electrons. The maximum atomic E-state index is 6.17. The lowest BCUT2D eigenvalue weighted by Crippen LogP contribution is -2.23. The number of aryl methyl sites for hydroxylation is 1. The molecule has 1 saturated carbocycles. The number of hydrogen-bond acceptors (Lipinski definition) is 1. The zero-order valence-electron chi connectivity index (χ0n) is 16.3. The van der Waals surface area contributed by atoms with Crippen LogP contribution >= 0.6 is 0 Å². The molecule has 1 heterocycles. The van der Waals surface area contributed by atoms with Crippen molar-refractivity contribution in [3.63, 3.8) is 0 Å². The van der Waals surface area contributed by atoms with Gasteiger partial charge >= 0.3 is 0 Å². The first-order valence-electron chi connectivity index (χ1n) is 10.7. The highest BCUT2D eigenvalue weighted by molar-refractivity contribution is 5.26. The van der Waals surface area contributed by atoms with E-state index in [9.17, 15) is 0 Å². The standard InChI is InChI=1S/C24H36O/c1-3-5-20-10-13-22(14-11-20)23-15-17-24(25-18-23)16-12-21-8-6-19(4-2)7-9-21/h10-14,16,19,21,23-24H,3-9,15,17-18H2,1-2H3. The topological polar surface area (TPSA) is 9.23 Å². The van der Waals surface area contributed by atoms with Gasteiger partial charge in [0.25, 0.3) is 0 Å². The predicted octanol–water partition coefficient (Wildman–Crippen LogP) is 6.67. The van der Waals surface area contributed by atoms with Gasteiger partial charge in [-0.2, -0.15) is 0 Å². The summed E-state index contributed by atoms with van der Waals surface area (Å²) >= 11 is 0. The molecule has 1 aromatic rings. The van der Waals surface area contributed by atoms with Crippen molar-refractivity contribution < 1.29 is 4.74 Å². The average Bonchev–Trinajstić information content (AvgIpc) is 2.68. The Hall–Kier alpha value is -1.08. The third kappa shape index (κ3) is 5.45. The Labute approximate surface area is 154 Å². The molecule has 0 radical (unpaired) electrons. The molecule has 3 rings (SSSR count). The van der Waals surface area contributed by atoms with E-state index in [1.807, 2.05) is 0 Å². The molecule has 0 amide bonds. The molecule has 1 aliphatic carbocycles. The van der Waals surface area contributed by atoms with Gasteiger partial charge in [0.15, 0.2) is 0 Å². The SMILES string of the molecule is CCCc1ccc(C2CCC(C=CC3CCC(CC)CC3)OC2)cc1. The van der Waals surface area contributed by atoms with E-state index >= 15 is 0 Å². The van der Waals surface area contributed by atoms with Crippen molar-refractivity contribution in [1.82, 2.24) is 0 Å². The Morgan fingerprint density at radius 2 is 1.68 bits per heavy atom. The minimum atomic E-state index is 0.347. The molecule has 1 heteroatoms. The number of benzene rings is 1. The summed E-state index contributed by atoms with van der Waals surface area (Å²) in [5.74, 6) is 2.37. The second kappa shape index (κ2) is 9.57. The maximum Gasteiger partial charge on any atom is 0.0756 e. The number of allylic oxidation sites excluding steroid dienone is 1. The van der Waals surface area contributed by atoms with Crippen LogP contribution < -0.4 is 0 Å². The van der Waals surface area contributed by atoms with E-state index in [0.29, 0.717) is 12.0 Å². The van der Waals surface area contributed by atoms with Gasteiger partial charge < -0.3 is 4.74 Å². The van der Waals surface area contributed by atoms with Crippen LogP contribution in [0.5, 0.6) is 0 Å². The van der Waals surface area contributed by atoms with E-state index in [-0.39, 0.29) is 0 Å².